The minimum atomic E-state index is -0.164. The number of carbonyl (C=O) groups is 1. The number of carbonyl (C=O) groups excluding carboxylic acids is 1. The van der Waals surface area contributed by atoms with Crippen LogP contribution in [0.3, 0.4) is 0 Å². The van der Waals surface area contributed by atoms with E-state index >= 15 is 0 Å². The lowest BCUT2D eigenvalue weighted by molar-refractivity contribution is 0.102. The number of aromatic nitrogens is 1. The van der Waals surface area contributed by atoms with Crippen molar-refractivity contribution in [2.75, 3.05) is 11.1 Å². The van der Waals surface area contributed by atoms with Gasteiger partial charge in [0.15, 0.2) is 5.13 Å². The molecule has 0 aliphatic heterocycles. The molecule has 4 nitrogen and oxygen atoms in total. The van der Waals surface area contributed by atoms with Gasteiger partial charge in [-0.2, -0.15) is 0 Å². The zero-order valence-electron chi connectivity index (χ0n) is 13.7. The second-order valence-corrected chi connectivity index (χ2v) is 7.75. The van der Waals surface area contributed by atoms with Crippen LogP contribution in [0.4, 0.5) is 10.8 Å². The van der Waals surface area contributed by atoms with Crippen molar-refractivity contribution >= 4 is 50.0 Å². The normalized spacial score (nSPS) is 10.8. The molecule has 0 aliphatic carbocycles. The summed E-state index contributed by atoms with van der Waals surface area (Å²) >= 11 is 3.00. The number of benzene rings is 3. The van der Waals surface area contributed by atoms with E-state index < -0.39 is 0 Å². The van der Waals surface area contributed by atoms with Crippen LogP contribution in [0, 0.1) is 0 Å². The van der Waals surface area contributed by atoms with E-state index in [0.717, 1.165) is 25.7 Å². The highest BCUT2D eigenvalue weighted by Gasteiger charge is 2.14. The molecular weight excluding hydrogens is 362 g/mol. The molecule has 0 spiro atoms. The molecule has 0 radical (unpaired) electrons. The Morgan fingerprint density at radius 3 is 2.50 bits per heavy atom. The Hall–Kier alpha value is -2.83. The van der Waals surface area contributed by atoms with Crippen molar-refractivity contribution < 1.29 is 4.79 Å². The highest BCUT2D eigenvalue weighted by molar-refractivity contribution is 7.99. The zero-order chi connectivity index (χ0) is 17.9. The molecule has 4 aromatic rings. The maximum Gasteiger partial charge on any atom is 0.258 e. The van der Waals surface area contributed by atoms with Crippen LogP contribution in [0.1, 0.15) is 10.4 Å². The minimum absolute atomic E-state index is 0.164. The summed E-state index contributed by atoms with van der Waals surface area (Å²) in [6.07, 6.45) is 0. The Kier molecular flexibility index (Phi) is 4.60. The van der Waals surface area contributed by atoms with Gasteiger partial charge in [-0.3, -0.25) is 10.1 Å². The van der Waals surface area contributed by atoms with E-state index in [4.69, 9.17) is 5.73 Å². The fraction of sp³-hybridized carbons (Fsp3) is 0. The zero-order valence-corrected chi connectivity index (χ0v) is 15.3. The smallest absolute Gasteiger partial charge is 0.258 e. The van der Waals surface area contributed by atoms with Crippen LogP contribution >= 0.6 is 23.1 Å². The largest absolute Gasteiger partial charge is 0.399 e. The van der Waals surface area contributed by atoms with Crippen LogP contribution < -0.4 is 11.1 Å². The number of anilines is 2. The van der Waals surface area contributed by atoms with Crippen molar-refractivity contribution in [1.29, 1.82) is 0 Å². The van der Waals surface area contributed by atoms with E-state index in [-0.39, 0.29) is 5.91 Å². The van der Waals surface area contributed by atoms with Crippen LogP contribution in [0.25, 0.3) is 10.2 Å². The van der Waals surface area contributed by atoms with Crippen LogP contribution in [0.15, 0.2) is 82.6 Å². The second kappa shape index (κ2) is 7.19. The molecule has 0 aliphatic rings. The Morgan fingerprint density at radius 1 is 0.962 bits per heavy atom. The van der Waals surface area contributed by atoms with E-state index in [1.54, 1.807) is 0 Å². The minimum Gasteiger partial charge on any atom is -0.399 e. The molecule has 3 aromatic carbocycles. The first-order valence-corrected chi connectivity index (χ1v) is 9.62. The summed E-state index contributed by atoms with van der Waals surface area (Å²) in [5.41, 5.74) is 7.96. The van der Waals surface area contributed by atoms with Gasteiger partial charge < -0.3 is 5.73 Å². The monoisotopic (exact) mass is 377 g/mol. The third-order valence-electron chi connectivity index (χ3n) is 3.75. The third-order valence-corrected chi connectivity index (χ3v) is 5.79. The van der Waals surface area contributed by atoms with Gasteiger partial charge in [-0.05, 0) is 48.5 Å². The quantitative estimate of drug-likeness (QED) is 0.475. The molecule has 0 unspecified atom stereocenters. The maximum atomic E-state index is 12.8. The fourth-order valence-electron chi connectivity index (χ4n) is 2.50. The number of fused-ring (bicyclic) bond motifs is 1. The Morgan fingerprint density at radius 2 is 1.69 bits per heavy atom. The van der Waals surface area contributed by atoms with Crippen molar-refractivity contribution in [2.24, 2.45) is 0 Å². The van der Waals surface area contributed by atoms with E-state index in [0.29, 0.717) is 10.7 Å². The number of amides is 1. The molecule has 0 saturated heterocycles. The Labute approximate surface area is 159 Å². The van der Waals surface area contributed by atoms with E-state index in [1.165, 1.54) is 23.1 Å². The molecule has 0 atom stereocenters. The number of nitrogens with two attached hydrogens (primary N) is 1. The predicted octanol–water partition coefficient (Wildman–Crippen LogP) is 5.28. The van der Waals surface area contributed by atoms with Crippen molar-refractivity contribution in [3.8, 4) is 0 Å². The summed E-state index contributed by atoms with van der Waals surface area (Å²) in [5, 5.41) is 3.52. The van der Waals surface area contributed by atoms with Gasteiger partial charge in [-0.25, -0.2) is 4.98 Å². The van der Waals surface area contributed by atoms with Gasteiger partial charge in [-0.15, -0.1) is 0 Å². The molecule has 6 heteroatoms. The number of hydrogen-bond donors (Lipinski definition) is 2. The lowest BCUT2D eigenvalue weighted by Gasteiger charge is -2.08. The first-order chi connectivity index (χ1) is 12.7. The van der Waals surface area contributed by atoms with E-state index in [2.05, 4.69) is 10.3 Å². The van der Waals surface area contributed by atoms with Crippen molar-refractivity contribution in [3.05, 3.63) is 78.4 Å². The summed E-state index contributed by atoms with van der Waals surface area (Å²) in [4.78, 5) is 19.2. The van der Waals surface area contributed by atoms with Gasteiger partial charge in [-0.1, -0.05) is 47.4 Å². The summed E-state index contributed by atoms with van der Waals surface area (Å²) in [5.74, 6) is -0.164. The third kappa shape index (κ3) is 3.56. The summed E-state index contributed by atoms with van der Waals surface area (Å²) < 4.78 is 1.05. The van der Waals surface area contributed by atoms with E-state index in [1.807, 2.05) is 72.8 Å². The van der Waals surface area contributed by atoms with Crippen molar-refractivity contribution in [3.63, 3.8) is 0 Å². The maximum absolute atomic E-state index is 12.8. The van der Waals surface area contributed by atoms with E-state index in [9.17, 15) is 4.79 Å². The molecule has 1 amide bonds. The number of hydrogen-bond acceptors (Lipinski definition) is 5. The molecular formula is C20H15N3OS2. The first kappa shape index (κ1) is 16.6. The standard InChI is InChI=1S/C20H15N3OS2/c21-13-9-11-14(12-10-13)25-17-7-3-1-5-15(17)19(24)23-20-22-16-6-2-4-8-18(16)26-20/h1-12H,21H2,(H,22,23,24). The molecule has 4 rings (SSSR count). The van der Waals surface area contributed by atoms with Gasteiger partial charge in [0.1, 0.15) is 0 Å². The van der Waals surface area contributed by atoms with Crippen LogP contribution in [-0.2, 0) is 0 Å². The fourth-order valence-corrected chi connectivity index (χ4v) is 4.30. The number of nitrogens with one attached hydrogen (secondary N) is 1. The van der Waals surface area contributed by atoms with Crippen LogP contribution in [-0.4, -0.2) is 10.9 Å². The summed E-state index contributed by atoms with van der Waals surface area (Å²) in [6.45, 7) is 0. The molecule has 0 saturated carbocycles. The molecule has 1 aromatic heterocycles. The molecule has 0 bridgehead atoms. The van der Waals surface area contributed by atoms with Crippen LogP contribution in [0.5, 0.6) is 0 Å². The van der Waals surface area contributed by atoms with Gasteiger partial charge in [0.2, 0.25) is 0 Å². The molecule has 128 valence electrons. The lowest BCUT2D eigenvalue weighted by Crippen LogP contribution is -2.12. The molecule has 26 heavy (non-hydrogen) atoms. The van der Waals surface area contributed by atoms with Gasteiger partial charge in [0, 0.05) is 15.5 Å². The number of thiazole rings is 1. The van der Waals surface area contributed by atoms with Gasteiger partial charge >= 0.3 is 0 Å². The first-order valence-electron chi connectivity index (χ1n) is 7.98. The van der Waals surface area contributed by atoms with Gasteiger partial charge in [0.25, 0.3) is 5.91 Å². The average molecular weight is 377 g/mol. The Bertz CT molecular complexity index is 1040. The lowest BCUT2D eigenvalue weighted by atomic mass is 10.2. The number of nitrogens with zero attached hydrogens (tertiary/aromatic N) is 1. The Balaban J connectivity index is 1.58. The van der Waals surface area contributed by atoms with Crippen molar-refractivity contribution in [1.82, 2.24) is 4.98 Å². The predicted molar refractivity (Wildman–Crippen MR) is 109 cm³/mol. The second-order valence-electron chi connectivity index (χ2n) is 5.61. The summed E-state index contributed by atoms with van der Waals surface area (Å²) in [6, 6.07) is 23.0. The summed E-state index contributed by atoms with van der Waals surface area (Å²) in [7, 11) is 0. The number of para-hydroxylation sites is 1. The average Bonchev–Trinajstić information content (AvgIpc) is 3.06. The molecule has 0 fully saturated rings. The molecule has 1 heterocycles. The highest BCUT2D eigenvalue weighted by atomic mass is 32.2. The number of nitrogen functional groups attached to an aromatic ring is 1. The number of rotatable bonds is 4. The van der Waals surface area contributed by atoms with Crippen LogP contribution in [0.2, 0.25) is 0 Å². The van der Waals surface area contributed by atoms with Gasteiger partial charge in [0.05, 0.1) is 15.8 Å². The molecule has 3 N–H and O–H groups in total. The van der Waals surface area contributed by atoms with Crippen molar-refractivity contribution in [2.45, 2.75) is 9.79 Å². The highest BCUT2D eigenvalue weighted by Crippen LogP contribution is 2.32. The SMILES string of the molecule is Nc1ccc(Sc2ccccc2C(=O)Nc2nc3ccccc3s2)cc1. The topological polar surface area (TPSA) is 68.0 Å².